The molecular formula is C19H31N2O2PS. The predicted octanol–water partition coefficient (Wildman–Crippen LogP) is 2.95. The summed E-state index contributed by atoms with van der Waals surface area (Å²) in [5.74, 6) is 0. The van der Waals surface area contributed by atoms with Crippen molar-refractivity contribution in [2.75, 3.05) is 26.4 Å². The smallest absolute Gasteiger partial charge is 0.109 e. The van der Waals surface area contributed by atoms with Crippen LogP contribution in [0.2, 0.25) is 0 Å². The fourth-order valence-electron chi connectivity index (χ4n) is 4.02. The van der Waals surface area contributed by atoms with E-state index in [0.29, 0.717) is 0 Å². The first-order valence-corrected chi connectivity index (χ1v) is 12.9. The second-order valence-electron chi connectivity index (χ2n) is 8.96. The Labute approximate surface area is 154 Å². The zero-order valence-electron chi connectivity index (χ0n) is 16.0. The van der Waals surface area contributed by atoms with Crippen molar-refractivity contribution in [1.82, 2.24) is 10.0 Å². The largest absolute Gasteiger partial charge is 0.319 e. The van der Waals surface area contributed by atoms with Gasteiger partial charge in [-0.15, -0.1) is 0 Å². The van der Waals surface area contributed by atoms with Crippen molar-refractivity contribution in [3.8, 4) is 0 Å². The van der Waals surface area contributed by atoms with Gasteiger partial charge in [-0.05, 0) is 89.1 Å². The summed E-state index contributed by atoms with van der Waals surface area (Å²) in [5.41, 5.74) is 2.64. The molecule has 2 atom stereocenters. The molecule has 4 nitrogen and oxygen atoms in total. The number of fused-ring (bicyclic) bond motifs is 1. The van der Waals surface area contributed by atoms with E-state index in [-0.39, 0.29) is 16.2 Å². The Morgan fingerprint density at radius 1 is 1.24 bits per heavy atom. The van der Waals surface area contributed by atoms with Gasteiger partial charge < -0.3 is 9.88 Å². The zero-order chi connectivity index (χ0) is 18.5. The lowest BCUT2D eigenvalue weighted by molar-refractivity contribution is 0.165. The first-order chi connectivity index (χ1) is 11.5. The van der Waals surface area contributed by atoms with Crippen LogP contribution in [0.1, 0.15) is 50.8 Å². The molecule has 0 amide bonds. The maximum Gasteiger partial charge on any atom is 0.109 e. The topological polar surface area (TPSA) is 58.2 Å². The van der Waals surface area contributed by atoms with Crippen LogP contribution >= 0.6 is 7.14 Å². The molecule has 3 rings (SSSR count). The number of hydrogen-bond donors (Lipinski definition) is 2. The van der Waals surface area contributed by atoms with Gasteiger partial charge in [0.05, 0.1) is 21.8 Å². The van der Waals surface area contributed by atoms with Crippen LogP contribution in [0.15, 0.2) is 18.2 Å². The normalized spacial score (nSPS) is 24.3. The molecule has 0 radical (unpaired) electrons. The van der Waals surface area contributed by atoms with E-state index in [9.17, 15) is 8.77 Å². The molecule has 2 aliphatic rings. The molecule has 1 spiro atoms. The first kappa shape index (κ1) is 19.3. The summed E-state index contributed by atoms with van der Waals surface area (Å²) in [6.45, 7) is 11.7. The highest BCUT2D eigenvalue weighted by atomic mass is 32.2. The van der Waals surface area contributed by atoms with Crippen LogP contribution in [-0.4, -0.2) is 35.4 Å². The Morgan fingerprint density at radius 2 is 1.88 bits per heavy atom. The van der Waals surface area contributed by atoms with Gasteiger partial charge >= 0.3 is 0 Å². The van der Waals surface area contributed by atoms with E-state index in [1.807, 2.05) is 40.2 Å². The van der Waals surface area contributed by atoms with Gasteiger partial charge in [0.1, 0.15) is 7.14 Å². The molecule has 1 aromatic carbocycles. The van der Waals surface area contributed by atoms with E-state index < -0.39 is 18.1 Å². The van der Waals surface area contributed by atoms with Crippen molar-refractivity contribution in [1.29, 1.82) is 0 Å². The Kier molecular flexibility index (Phi) is 5.09. The van der Waals surface area contributed by atoms with E-state index in [4.69, 9.17) is 0 Å². The van der Waals surface area contributed by atoms with Crippen molar-refractivity contribution < 1.29 is 8.77 Å². The second-order valence-corrected chi connectivity index (χ2v) is 14.2. The lowest BCUT2D eigenvalue weighted by atomic mass is 9.73. The number of rotatable bonds is 3. The minimum Gasteiger partial charge on any atom is -0.319 e. The third-order valence-corrected chi connectivity index (χ3v) is 8.68. The summed E-state index contributed by atoms with van der Waals surface area (Å²) in [7, 11) is -3.44. The third-order valence-electron chi connectivity index (χ3n) is 5.60. The van der Waals surface area contributed by atoms with Crippen molar-refractivity contribution in [2.24, 2.45) is 5.41 Å². The quantitative estimate of drug-likeness (QED) is 0.791. The van der Waals surface area contributed by atoms with E-state index >= 15 is 0 Å². The Hall–Kier alpha value is -0.480. The van der Waals surface area contributed by atoms with Crippen molar-refractivity contribution in [3.05, 3.63) is 29.3 Å². The average molecular weight is 383 g/mol. The van der Waals surface area contributed by atoms with Crippen LogP contribution in [0.3, 0.4) is 0 Å². The molecule has 140 valence electrons. The van der Waals surface area contributed by atoms with Gasteiger partial charge in [0.2, 0.25) is 0 Å². The van der Waals surface area contributed by atoms with Crippen LogP contribution in [0, 0.1) is 5.41 Å². The van der Waals surface area contributed by atoms with E-state index in [1.165, 1.54) is 11.1 Å². The summed E-state index contributed by atoms with van der Waals surface area (Å²) >= 11 is 0. The minimum atomic E-state index is -2.31. The zero-order valence-corrected chi connectivity index (χ0v) is 17.7. The van der Waals surface area contributed by atoms with Gasteiger partial charge in [-0.1, -0.05) is 12.1 Å². The maximum absolute atomic E-state index is 12.9. The molecule has 6 heteroatoms. The van der Waals surface area contributed by atoms with Crippen LogP contribution in [0.5, 0.6) is 0 Å². The van der Waals surface area contributed by atoms with Crippen molar-refractivity contribution >= 4 is 23.4 Å². The minimum absolute atomic E-state index is 0.0659. The highest BCUT2D eigenvalue weighted by Gasteiger charge is 2.48. The summed E-state index contributed by atoms with van der Waals surface area (Å²) in [6, 6.07) is 6.36. The Morgan fingerprint density at radius 3 is 2.44 bits per heavy atom. The summed E-state index contributed by atoms with van der Waals surface area (Å²) in [6.07, 6.45) is 3.17. The van der Waals surface area contributed by atoms with Gasteiger partial charge in [0.15, 0.2) is 0 Å². The molecule has 2 unspecified atom stereocenters. The molecule has 1 aliphatic carbocycles. The molecule has 0 bridgehead atoms. The monoisotopic (exact) mass is 382 g/mol. The number of hydrogen-bond acceptors (Lipinski definition) is 3. The number of nitrogens with one attached hydrogen (secondary N) is 2. The van der Waals surface area contributed by atoms with Gasteiger partial charge in [0, 0.05) is 5.30 Å². The number of benzene rings is 1. The maximum atomic E-state index is 12.9. The fourth-order valence-corrected chi connectivity index (χ4v) is 5.85. The van der Waals surface area contributed by atoms with Crippen LogP contribution < -0.4 is 15.3 Å². The molecule has 0 saturated carbocycles. The first-order valence-electron chi connectivity index (χ1n) is 9.10. The fraction of sp³-hybridized carbons (Fsp3) is 0.684. The molecule has 25 heavy (non-hydrogen) atoms. The Balaban J connectivity index is 2.03. The highest BCUT2D eigenvalue weighted by molar-refractivity contribution is 7.84. The molecule has 1 saturated heterocycles. The molecule has 1 fully saturated rings. The van der Waals surface area contributed by atoms with E-state index in [1.54, 1.807) is 0 Å². The third kappa shape index (κ3) is 3.80. The van der Waals surface area contributed by atoms with Gasteiger partial charge in [-0.3, -0.25) is 0 Å². The van der Waals surface area contributed by atoms with Crippen molar-refractivity contribution in [2.45, 2.75) is 50.8 Å². The number of piperidine rings is 1. The molecular weight excluding hydrogens is 351 g/mol. The van der Waals surface area contributed by atoms with Crippen LogP contribution in [0.25, 0.3) is 0 Å². The van der Waals surface area contributed by atoms with Crippen LogP contribution in [0.4, 0.5) is 0 Å². The summed E-state index contributed by atoms with van der Waals surface area (Å²) in [4.78, 5) is 0. The molecule has 1 heterocycles. The lowest BCUT2D eigenvalue weighted by Crippen LogP contribution is -2.46. The van der Waals surface area contributed by atoms with Gasteiger partial charge in [-0.2, -0.15) is 0 Å². The molecule has 1 aliphatic heterocycles. The SMILES string of the molecule is CC(C)(C)S(=O)NC1c2cc(P(C)(C)=O)ccc2CC12CCNCC2. The molecule has 2 N–H and O–H groups in total. The molecule has 1 aromatic rings. The highest BCUT2D eigenvalue weighted by Crippen LogP contribution is 2.52. The average Bonchev–Trinajstić information content (AvgIpc) is 2.79. The Bertz CT molecular complexity index is 729. The van der Waals surface area contributed by atoms with E-state index in [2.05, 4.69) is 22.2 Å². The second kappa shape index (κ2) is 6.60. The van der Waals surface area contributed by atoms with Gasteiger partial charge in [-0.25, -0.2) is 8.93 Å². The predicted molar refractivity (Wildman–Crippen MR) is 108 cm³/mol. The lowest BCUT2D eigenvalue weighted by Gasteiger charge is -2.40. The van der Waals surface area contributed by atoms with E-state index in [0.717, 1.165) is 37.7 Å². The van der Waals surface area contributed by atoms with Crippen LogP contribution in [-0.2, 0) is 22.0 Å². The summed E-state index contributed by atoms with van der Waals surface area (Å²) in [5, 5.41) is 4.38. The van der Waals surface area contributed by atoms with Crippen molar-refractivity contribution in [3.63, 3.8) is 0 Å². The standard InChI is InChI=1S/C19H31N2O2PS/c1-18(2,3)25(23)21-17-16-12-15(24(4,5)22)7-6-14(16)13-19(17)8-10-20-11-9-19/h6-7,12,17,20-21H,8-11,13H2,1-5H3. The summed E-state index contributed by atoms with van der Waals surface area (Å²) < 4.78 is 28.6. The molecule has 0 aromatic heterocycles. The van der Waals surface area contributed by atoms with Gasteiger partial charge in [0.25, 0.3) is 0 Å².